The average Bonchev–Trinajstić information content (AvgIpc) is 3.32. The van der Waals surface area contributed by atoms with Gasteiger partial charge in [-0.15, -0.1) is 39.5 Å². The van der Waals surface area contributed by atoms with Gasteiger partial charge in [-0.2, -0.15) is 0 Å². The first kappa shape index (κ1) is 68.9. The van der Waals surface area contributed by atoms with Crippen molar-refractivity contribution in [1.82, 2.24) is 0 Å². The van der Waals surface area contributed by atoms with Crippen LogP contribution in [0.2, 0.25) is 0 Å². The first-order valence-electron chi connectivity index (χ1n) is 22.6. The van der Waals surface area contributed by atoms with Gasteiger partial charge in [0.1, 0.15) is 6.61 Å². The fourth-order valence-electron chi connectivity index (χ4n) is 4.12. The zero-order chi connectivity index (χ0) is 51.4. The number of Topliss-reactive ketones (excluding diaryl/α,β-unsaturated/α-hetero) is 1. The third-order valence-electron chi connectivity index (χ3n) is 7.90. The van der Waals surface area contributed by atoms with Crippen LogP contribution >= 0.6 is 0 Å². The molecule has 1 atom stereocenters. The molecule has 5 nitrogen and oxygen atoms in total. The van der Waals surface area contributed by atoms with Gasteiger partial charge in [0.25, 0.3) is 0 Å². The van der Waals surface area contributed by atoms with E-state index in [2.05, 4.69) is 169 Å². The molecular formula is C61H88O5. The zero-order valence-corrected chi connectivity index (χ0v) is 42.6. The van der Waals surface area contributed by atoms with Gasteiger partial charge in [-0.3, -0.25) is 4.79 Å². The molecular weight excluding hydrogens is 813 g/mol. The van der Waals surface area contributed by atoms with Crippen LogP contribution in [0.1, 0.15) is 103 Å². The molecule has 0 fully saturated rings. The zero-order valence-electron chi connectivity index (χ0n) is 42.6. The summed E-state index contributed by atoms with van der Waals surface area (Å²) in [7, 11) is 0. The molecule has 4 aromatic carbocycles. The second-order valence-corrected chi connectivity index (χ2v) is 14.5. The van der Waals surface area contributed by atoms with Crippen LogP contribution in [0.25, 0.3) is 11.1 Å². The van der Waals surface area contributed by atoms with Gasteiger partial charge in [-0.1, -0.05) is 185 Å². The number of aryl methyl sites for hydroxylation is 1. The summed E-state index contributed by atoms with van der Waals surface area (Å²) in [4.78, 5) is 20.4. The number of unbranched alkanes of at least 4 members (excludes halogenated alkanes) is 1. The normalized spacial score (nSPS) is 9.02. The van der Waals surface area contributed by atoms with E-state index in [1.165, 1.54) is 52.3 Å². The van der Waals surface area contributed by atoms with Gasteiger partial charge in [-0.25, -0.2) is 4.79 Å². The van der Waals surface area contributed by atoms with Crippen molar-refractivity contribution >= 4 is 11.8 Å². The number of esters is 1. The molecule has 66 heavy (non-hydrogen) atoms. The van der Waals surface area contributed by atoms with Gasteiger partial charge in [0, 0.05) is 12.7 Å². The minimum Gasteiger partial charge on any atom is -0.460 e. The quantitative estimate of drug-likeness (QED) is 0.0705. The lowest BCUT2D eigenvalue weighted by atomic mass is 9.98. The third-order valence-corrected chi connectivity index (χ3v) is 7.90. The summed E-state index contributed by atoms with van der Waals surface area (Å²) in [5, 5.41) is 16.9. The predicted octanol–water partition coefficient (Wildman–Crippen LogP) is 16.0. The predicted molar refractivity (Wildman–Crippen MR) is 293 cm³/mol. The summed E-state index contributed by atoms with van der Waals surface area (Å²) in [6.07, 6.45) is 16.5. The van der Waals surface area contributed by atoms with Gasteiger partial charge in [-0.05, 0) is 119 Å². The van der Waals surface area contributed by atoms with Crippen LogP contribution in [0.3, 0.4) is 0 Å². The van der Waals surface area contributed by atoms with Crippen molar-refractivity contribution in [3.63, 3.8) is 0 Å². The van der Waals surface area contributed by atoms with Crippen molar-refractivity contribution in [2.75, 3.05) is 13.2 Å². The molecule has 0 aliphatic heterocycles. The van der Waals surface area contributed by atoms with E-state index in [0.717, 1.165) is 31.8 Å². The molecule has 0 bridgehead atoms. The first-order valence-corrected chi connectivity index (χ1v) is 22.6. The maximum atomic E-state index is 10.4. The van der Waals surface area contributed by atoms with Crippen molar-refractivity contribution in [3.05, 3.63) is 232 Å². The van der Waals surface area contributed by atoms with Crippen molar-refractivity contribution in [2.45, 2.75) is 113 Å². The number of benzene rings is 4. The smallest absolute Gasteiger partial charge is 0.330 e. The van der Waals surface area contributed by atoms with Crippen LogP contribution in [-0.2, 0) is 33.6 Å². The lowest BCUT2D eigenvalue weighted by Gasteiger charge is -2.07. The summed E-state index contributed by atoms with van der Waals surface area (Å²) >= 11 is 0. The molecule has 0 aromatic heterocycles. The van der Waals surface area contributed by atoms with Crippen molar-refractivity contribution < 1.29 is 24.5 Å². The number of aliphatic hydroxyl groups is 2. The van der Waals surface area contributed by atoms with E-state index >= 15 is 0 Å². The van der Waals surface area contributed by atoms with Crippen LogP contribution in [0.5, 0.6) is 0 Å². The Bertz CT molecular complexity index is 1730. The minimum absolute atomic E-state index is 0.0569. The number of aliphatic hydroxyl groups excluding tert-OH is 2. The van der Waals surface area contributed by atoms with E-state index in [1.54, 1.807) is 19.1 Å². The highest BCUT2D eigenvalue weighted by Gasteiger charge is 2.02. The molecule has 0 heterocycles. The van der Waals surface area contributed by atoms with E-state index in [-0.39, 0.29) is 19.0 Å². The number of ether oxygens (including phenoxy) is 1. The van der Waals surface area contributed by atoms with E-state index in [0.29, 0.717) is 18.4 Å². The number of allylic oxidation sites excluding steroid dienone is 6. The number of rotatable bonds is 15. The molecule has 1 unspecified atom stereocenters. The molecule has 2 N–H and O–H groups in total. The van der Waals surface area contributed by atoms with Crippen LogP contribution in [-0.4, -0.2) is 41.3 Å². The monoisotopic (exact) mass is 901 g/mol. The number of hydrogen-bond donors (Lipinski definition) is 2. The fraction of sp³-hybridized carbons (Fsp3) is 0.311. The van der Waals surface area contributed by atoms with Crippen molar-refractivity contribution in [1.29, 1.82) is 0 Å². The van der Waals surface area contributed by atoms with Gasteiger partial charge in [0.05, 0.1) is 6.10 Å². The molecule has 0 radical (unpaired) electrons. The number of ketones is 1. The van der Waals surface area contributed by atoms with Gasteiger partial charge >= 0.3 is 5.97 Å². The van der Waals surface area contributed by atoms with Gasteiger partial charge < -0.3 is 14.9 Å². The van der Waals surface area contributed by atoms with E-state index in [1.807, 2.05) is 64.1 Å². The van der Waals surface area contributed by atoms with E-state index < -0.39 is 12.1 Å². The lowest BCUT2D eigenvalue weighted by molar-refractivity contribution is -0.140. The Morgan fingerprint density at radius 1 is 0.636 bits per heavy atom. The SMILES string of the molecule is C=C(C)C.C=C(C)C(C)=O.C=CC.C=CC(=O)OCC(O)CC.C=CCCC.C=CCCO.C=CCc1cccc(CC=C)c1C.CCc1ccccc1.c1ccc(-c2ccccc2)cc1. The van der Waals surface area contributed by atoms with E-state index in [9.17, 15) is 9.59 Å². The molecule has 0 amide bonds. The van der Waals surface area contributed by atoms with Crippen LogP contribution in [0.4, 0.5) is 0 Å². The largest absolute Gasteiger partial charge is 0.460 e. The second-order valence-electron chi connectivity index (χ2n) is 14.5. The molecule has 0 saturated carbocycles. The van der Waals surface area contributed by atoms with Gasteiger partial charge in [0.15, 0.2) is 5.78 Å². The Kier molecular flexibility index (Phi) is 55.5. The standard InChI is InChI=1S/C13H16.C12H10.C8H10.C7H12O3.C5H8O.C5H10.C4H8O.C4H8.C3H6/c1-4-7-12-9-6-10-13(8-5-2)11(12)3;1-3-7-11(8-4-1)12-9-5-2-6-10-12;1-2-8-6-4-3-5-7-8;1-3-6(8)5-10-7(9)4-2;1-4(2)5(3)6;1-3-5-4-2;1-2-3-4-5;1-4(2)3;1-3-2/h4-6,9-10H,1-2,7-8H2,3H3;1-10H;3-7H,2H2,1H3;4,6,8H,2-3,5H2,1H3;1H2,2-3H3;3H,1,4-5H2,2H3;2,5H,1,3-4H2;1H2,2-3H3;3H,1H2,2H3. The molecule has 4 rings (SSSR count). The van der Waals surface area contributed by atoms with Gasteiger partial charge in [0.2, 0.25) is 0 Å². The highest BCUT2D eigenvalue weighted by atomic mass is 16.5. The second kappa shape index (κ2) is 53.2. The number of carbonyl (C=O) groups is 2. The third kappa shape index (κ3) is 50.5. The topological polar surface area (TPSA) is 83.8 Å². The summed E-state index contributed by atoms with van der Waals surface area (Å²) in [6.45, 7) is 45.6. The molecule has 362 valence electrons. The Morgan fingerprint density at radius 3 is 1.24 bits per heavy atom. The average molecular weight is 901 g/mol. The number of hydrogen-bond acceptors (Lipinski definition) is 5. The Morgan fingerprint density at radius 2 is 1.02 bits per heavy atom. The summed E-state index contributed by atoms with van der Waals surface area (Å²) < 4.78 is 4.54. The molecule has 0 saturated heterocycles. The Labute approximate surface area is 404 Å². The highest BCUT2D eigenvalue weighted by molar-refractivity contribution is 5.91. The maximum absolute atomic E-state index is 10.4. The Balaban J connectivity index is -0.000000219. The molecule has 0 aliphatic rings. The Hall–Kier alpha value is -6.14. The molecule has 0 aliphatic carbocycles. The van der Waals surface area contributed by atoms with Crippen LogP contribution in [0, 0.1) is 6.92 Å². The lowest BCUT2D eigenvalue weighted by Crippen LogP contribution is -2.16. The molecule has 5 heteroatoms. The summed E-state index contributed by atoms with van der Waals surface area (Å²) in [6, 6.07) is 37.7. The fourth-order valence-corrected chi connectivity index (χ4v) is 4.12. The highest BCUT2D eigenvalue weighted by Crippen LogP contribution is 2.17. The summed E-state index contributed by atoms with van der Waals surface area (Å²) in [5.74, 6) is -0.428. The first-order chi connectivity index (χ1) is 31.5. The van der Waals surface area contributed by atoms with Crippen LogP contribution in [0.15, 0.2) is 209 Å². The maximum Gasteiger partial charge on any atom is 0.330 e. The van der Waals surface area contributed by atoms with Crippen LogP contribution < -0.4 is 0 Å². The molecule has 4 aromatic rings. The van der Waals surface area contributed by atoms with Crippen molar-refractivity contribution in [2.24, 2.45) is 0 Å². The molecule has 0 spiro atoms. The number of carbonyl (C=O) groups excluding carboxylic acids is 2. The van der Waals surface area contributed by atoms with E-state index in [4.69, 9.17) is 10.2 Å². The van der Waals surface area contributed by atoms with Crippen molar-refractivity contribution in [3.8, 4) is 11.1 Å². The minimum atomic E-state index is -0.552. The summed E-state index contributed by atoms with van der Waals surface area (Å²) in [5.41, 5.74) is 9.87.